The molecule has 0 aromatic heterocycles. The molecule has 0 atom stereocenters. The van der Waals surface area contributed by atoms with Gasteiger partial charge in [0.25, 0.3) is 0 Å². The third kappa shape index (κ3) is 0.532. The molecule has 0 aliphatic carbocycles. The van der Waals surface area contributed by atoms with Gasteiger partial charge in [-0.15, -0.1) is 0 Å². The van der Waals surface area contributed by atoms with Crippen LogP contribution in [0.4, 0.5) is 0 Å². The van der Waals surface area contributed by atoms with Crippen molar-refractivity contribution in [3.8, 4) is 0 Å². The van der Waals surface area contributed by atoms with E-state index in [-0.39, 0.29) is 0 Å². The van der Waals surface area contributed by atoms with Crippen LogP contribution < -0.4 is 0 Å². The summed E-state index contributed by atoms with van der Waals surface area (Å²) < 4.78 is 4.64. The molecule has 1 heterocycles. The fourth-order valence-corrected chi connectivity index (χ4v) is 0.378. The summed E-state index contributed by atoms with van der Waals surface area (Å²) >= 11 is 0. The van der Waals surface area contributed by atoms with Crippen LogP contribution in [0, 0.1) is 0 Å². The molecular weight excluding hydrogens is 78.8 g/mol. The predicted octanol–water partition coefficient (Wildman–Crippen LogP) is -0.472. The van der Waals surface area contributed by atoms with Crippen LogP contribution in [0.2, 0.25) is 0 Å². The summed E-state index contributed by atoms with van der Waals surface area (Å²) in [5, 5.41) is 8.47. The third-order valence-electron chi connectivity index (χ3n) is 0.695. The van der Waals surface area contributed by atoms with E-state index in [2.05, 4.69) is 4.65 Å². The summed E-state index contributed by atoms with van der Waals surface area (Å²) in [7, 11) is 1.38. The first kappa shape index (κ1) is 3.72. The minimum atomic E-state index is 0.356. The number of hydrogen-bond acceptors (Lipinski definition) is 2. The fourth-order valence-electron chi connectivity index (χ4n) is 0.378. The Hall–Kier alpha value is -0.465. The average Bonchev–Trinajstić information content (AvgIpc) is 1.86. The van der Waals surface area contributed by atoms with Gasteiger partial charge in [0.05, 0.1) is 0 Å². The molecule has 1 aliphatic heterocycles. The Balaban J connectivity index is 2.45. The van der Waals surface area contributed by atoms with Gasteiger partial charge in [0.1, 0.15) is 0 Å². The van der Waals surface area contributed by atoms with Gasteiger partial charge in [-0.05, 0) is 0 Å². The molecule has 0 fully saturated rings. The number of hydrogen-bond donors (Lipinski definition) is 1. The van der Waals surface area contributed by atoms with Crippen LogP contribution in [0.25, 0.3) is 0 Å². The second-order valence-corrected chi connectivity index (χ2v) is 1.23. The topological polar surface area (TPSA) is 29.5 Å². The van der Waals surface area contributed by atoms with E-state index in [0.717, 1.165) is 0 Å². The fraction of sp³-hybridized carbons (Fsp3) is 0.667. The summed E-state index contributed by atoms with van der Waals surface area (Å²) in [5.41, 5.74) is 0.356. The Morgan fingerprint density at radius 2 is 2.67 bits per heavy atom. The van der Waals surface area contributed by atoms with Gasteiger partial charge in [-0.2, -0.15) is 0 Å². The zero-order chi connectivity index (χ0) is 4.41. The van der Waals surface area contributed by atoms with Gasteiger partial charge in [0.15, 0.2) is 0 Å². The van der Waals surface area contributed by atoms with E-state index in [4.69, 9.17) is 5.11 Å². The molecule has 0 aromatic carbocycles. The third-order valence-corrected chi connectivity index (χ3v) is 0.695. The molecule has 0 unspecified atom stereocenters. The molecule has 0 amide bonds. The maximum atomic E-state index is 8.47. The Morgan fingerprint density at radius 1 is 1.83 bits per heavy atom. The second kappa shape index (κ2) is 1.33. The molecule has 1 rings (SSSR count). The van der Waals surface area contributed by atoms with Crippen molar-refractivity contribution in [3.63, 3.8) is 0 Å². The van der Waals surface area contributed by atoms with Crippen LogP contribution >= 0.6 is 0 Å². The van der Waals surface area contributed by atoms with Crippen molar-refractivity contribution in [3.05, 3.63) is 0 Å². The molecule has 1 aliphatic rings. The van der Waals surface area contributed by atoms with E-state index in [1.807, 2.05) is 0 Å². The molecule has 0 aromatic rings. The monoisotopic (exact) mass is 84.0 g/mol. The summed E-state index contributed by atoms with van der Waals surface area (Å²) in [6.45, 7) is 0.645. The Kier molecular flexibility index (Phi) is 0.822. The summed E-state index contributed by atoms with van der Waals surface area (Å²) in [4.78, 5) is 0. The SMILES string of the molecule is OC1=BOCC1. The number of rotatable bonds is 0. The van der Waals surface area contributed by atoms with Gasteiger partial charge in [-0.25, -0.2) is 0 Å². The van der Waals surface area contributed by atoms with Crippen molar-refractivity contribution in [1.29, 1.82) is 0 Å². The Bertz CT molecular complexity index is 78.9. The van der Waals surface area contributed by atoms with E-state index in [9.17, 15) is 0 Å². The van der Waals surface area contributed by atoms with Crippen LogP contribution in [0.15, 0.2) is 0 Å². The first-order valence-electron chi connectivity index (χ1n) is 1.89. The van der Waals surface area contributed by atoms with Crippen LogP contribution in [0.5, 0.6) is 0 Å². The molecule has 0 radical (unpaired) electrons. The van der Waals surface area contributed by atoms with Gasteiger partial charge >= 0.3 is 35.6 Å². The zero-order valence-electron chi connectivity index (χ0n) is 3.35. The standard InChI is InChI=1S/C3H5BO2/c5-3-1-2-6-4-3/h5H,1-2H2. The molecule has 1 N–H and O–H groups in total. The molecule has 0 saturated carbocycles. The average molecular weight is 83.9 g/mol. The van der Waals surface area contributed by atoms with Gasteiger partial charge in [-0.3, -0.25) is 0 Å². The van der Waals surface area contributed by atoms with Gasteiger partial charge in [0.2, 0.25) is 0 Å². The molecule has 3 heteroatoms. The van der Waals surface area contributed by atoms with Crippen molar-refractivity contribution in [1.82, 2.24) is 0 Å². The molecule has 0 spiro atoms. The van der Waals surface area contributed by atoms with Crippen LogP contribution in [-0.4, -0.2) is 24.5 Å². The predicted molar refractivity (Wildman–Crippen MR) is 23.3 cm³/mol. The second-order valence-electron chi connectivity index (χ2n) is 1.23. The minimum absolute atomic E-state index is 0.356. The first-order chi connectivity index (χ1) is 2.89. The van der Waals surface area contributed by atoms with E-state index >= 15 is 0 Å². The molecular formula is C3H5BO2. The molecule has 0 bridgehead atoms. The maximum absolute atomic E-state index is 8.47. The quantitative estimate of drug-likeness (QED) is 0.402. The van der Waals surface area contributed by atoms with Crippen LogP contribution in [-0.2, 0) is 4.65 Å². The Morgan fingerprint density at radius 3 is 2.83 bits per heavy atom. The van der Waals surface area contributed by atoms with Crippen molar-refractivity contribution in [2.24, 2.45) is 0 Å². The number of aliphatic hydroxyl groups is 1. The van der Waals surface area contributed by atoms with Crippen LogP contribution in [0.3, 0.4) is 0 Å². The molecule has 2 nitrogen and oxygen atoms in total. The zero-order valence-corrected chi connectivity index (χ0v) is 3.35. The summed E-state index contributed by atoms with van der Waals surface area (Å²) in [6.07, 6.45) is 0.681. The normalized spacial score (nSPS) is 18.3. The molecule has 0 saturated heterocycles. The van der Waals surface area contributed by atoms with Crippen molar-refractivity contribution >= 4 is 12.8 Å². The van der Waals surface area contributed by atoms with Crippen molar-refractivity contribution in [2.45, 2.75) is 6.42 Å². The summed E-state index contributed by atoms with van der Waals surface area (Å²) in [6, 6.07) is 0. The van der Waals surface area contributed by atoms with E-state index in [1.54, 1.807) is 0 Å². The molecule has 6 heavy (non-hydrogen) atoms. The summed E-state index contributed by atoms with van der Waals surface area (Å²) in [5.74, 6) is 0. The van der Waals surface area contributed by atoms with Gasteiger partial charge in [-0.1, -0.05) is 0 Å². The van der Waals surface area contributed by atoms with Crippen LogP contribution in [0.1, 0.15) is 6.42 Å². The van der Waals surface area contributed by atoms with E-state index in [0.29, 0.717) is 18.7 Å². The van der Waals surface area contributed by atoms with Gasteiger partial charge in [0, 0.05) is 0 Å². The van der Waals surface area contributed by atoms with Crippen molar-refractivity contribution < 1.29 is 9.76 Å². The van der Waals surface area contributed by atoms with Gasteiger partial charge < -0.3 is 0 Å². The molecule has 32 valence electrons. The Labute approximate surface area is 36.7 Å². The van der Waals surface area contributed by atoms with E-state index < -0.39 is 0 Å². The van der Waals surface area contributed by atoms with Crippen molar-refractivity contribution in [2.75, 3.05) is 6.61 Å². The first-order valence-corrected chi connectivity index (χ1v) is 1.89. The van der Waals surface area contributed by atoms with E-state index in [1.165, 1.54) is 7.12 Å². The number of aliphatic hydroxyl groups excluding tert-OH is 1.